The van der Waals surface area contributed by atoms with Crippen LogP contribution in [0.4, 0.5) is 0 Å². The van der Waals surface area contributed by atoms with E-state index in [0.717, 1.165) is 6.42 Å². The van der Waals surface area contributed by atoms with Crippen LogP contribution in [0.2, 0.25) is 0 Å². The summed E-state index contributed by atoms with van der Waals surface area (Å²) in [4.78, 5) is 0. The summed E-state index contributed by atoms with van der Waals surface area (Å²) < 4.78 is 0. The molecule has 0 aromatic heterocycles. The third-order valence-electron chi connectivity index (χ3n) is 3.34. The number of hydrogen-bond donors (Lipinski definition) is 1. The number of hydrogen-bond acceptors (Lipinski definition) is 1. The first-order valence-corrected chi connectivity index (χ1v) is 5.02. The Morgan fingerprint density at radius 1 is 1.62 bits per heavy atom. The van der Waals surface area contributed by atoms with Crippen molar-refractivity contribution in [1.82, 2.24) is 0 Å². The summed E-state index contributed by atoms with van der Waals surface area (Å²) in [5.41, 5.74) is 3.87. The second-order valence-electron chi connectivity index (χ2n) is 4.24. The van der Waals surface area contributed by atoms with Gasteiger partial charge in [0.15, 0.2) is 0 Å². The molecule has 13 heavy (non-hydrogen) atoms. The summed E-state index contributed by atoms with van der Waals surface area (Å²) in [6.07, 6.45) is 2.32. The van der Waals surface area contributed by atoms with E-state index in [1.54, 1.807) is 0 Å². The first kappa shape index (κ1) is 10.5. The molecule has 0 spiro atoms. The van der Waals surface area contributed by atoms with Gasteiger partial charge in [0.05, 0.1) is 6.61 Å². The molecule has 0 radical (unpaired) electrons. The topological polar surface area (TPSA) is 20.2 Å². The van der Waals surface area contributed by atoms with E-state index in [1.165, 1.54) is 23.1 Å². The molecule has 0 saturated carbocycles. The van der Waals surface area contributed by atoms with E-state index in [9.17, 15) is 5.11 Å². The average molecular weight is 180 g/mol. The highest BCUT2D eigenvalue weighted by atomic mass is 16.3. The van der Waals surface area contributed by atoms with Crippen molar-refractivity contribution in [2.45, 2.75) is 33.6 Å². The first-order chi connectivity index (χ1) is 6.07. The fourth-order valence-electron chi connectivity index (χ4n) is 2.37. The molecular weight excluding hydrogens is 160 g/mol. The Kier molecular flexibility index (Phi) is 3.32. The van der Waals surface area contributed by atoms with Crippen LogP contribution in [0.25, 0.3) is 0 Å². The highest BCUT2D eigenvalue weighted by Crippen LogP contribution is 2.37. The van der Waals surface area contributed by atoms with Crippen LogP contribution in [0.5, 0.6) is 0 Å². The molecule has 0 aromatic rings. The third kappa shape index (κ3) is 2.02. The molecular formula is C12H20O. The van der Waals surface area contributed by atoms with E-state index >= 15 is 0 Å². The Morgan fingerprint density at radius 2 is 2.23 bits per heavy atom. The zero-order valence-corrected chi connectivity index (χ0v) is 8.93. The molecule has 1 heteroatoms. The van der Waals surface area contributed by atoms with Gasteiger partial charge in [0.25, 0.3) is 0 Å². The molecule has 1 aliphatic rings. The van der Waals surface area contributed by atoms with Gasteiger partial charge in [-0.3, -0.25) is 0 Å². The van der Waals surface area contributed by atoms with Crippen molar-refractivity contribution in [2.24, 2.45) is 11.8 Å². The Balaban J connectivity index is 2.87. The highest BCUT2D eigenvalue weighted by Gasteiger charge is 2.26. The summed E-state index contributed by atoms with van der Waals surface area (Å²) in [6.45, 7) is 10.7. The van der Waals surface area contributed by atoms with Crippen LogP contribution in [0.15, 0.2) is 23.3 Å². The van der Waals surface area contributed by atoms with Gasteiger partial charge < -0.3 is 5.11 Å². The Bertz CT molecular complexity index is 238. The molecule has 1 aliphatic carbocycles. The maximum atomic E-state index is 9.24. The van der Waals surface area contributed by atoms with Crippen LogP contribution in [-0.2, 0) is 0 Å². The maximum Gasteiger partial charge on any atom is 0.0647 e. The van der Waals surface area contributed by atoms with Crippen LogP contribution in [-0.4, -0.2) is 11.7 Å². The molecule has 0 aromatic carbocycles. The Labute approximate surface area is 81.2 Å². The summed E-state index contributed by atoms with van der Waals surface area (Å²) in [6, 6.07) is 0. The maximum absolute atomic E-state index is 9.24. The fraction of sp³-hybridized carbons (Fsp3) is 0.667. The second kappa shape index (κ2) is 4.10. The lowest BCUT2D eigenvalue weighted by atomic mass is 9.74. The van der Waals surface area contributed by atoms with E-state index < -0.39 is 0 Å². The predicted molar refractivity (Wildman–Crippen MR) is 56.5 cm³/mol. The molecule has 0 heterocycles. The minimum absolute atomic E-state index is 0.219. The Morgan fingerprint density at radius 3 is 2.69 bits per heavy atom. The molecule has 0 fully saturated rings. The van der Waals surface area contributed by atoms with Crippen molar-refractivity contribution >= 4 is 0 Å². The van der Waals surface area contributed by atoms with Gasteiger partial charge in [0.2, 0.25) is 0 Å². The van der Waals surface area contributed by atoms with E-state index in [4.69, 9.17) is 0 Å². The minimum atomic E-state index is 0.219. The molecule has 0 bridgehead atoms. The number of rotatable bonds is 2. The summed E-state index contributed by atoms with van der Waals surface area (Å²) in [7, 11) is 0. The van der Waals surface area contributed by atoms with Gasteiger partial charge in [-0.05, 0) is 44.1 Å². The molecule has 0 aliphatic heterocycles. The van der Waals surface area contributed by atoms with Crippen LogP contribution in [0, 0.1) is 11.8 Å². The lowest BCUT2D eigenvalue weighted by Gasteiger charge is -2.32. The lowest BCUT2D eigenvalue weighted by Crippen LogP contribution is -2.22. The van der Waals surface area contributed by atoms with Crippen molar-refractivity contribution in [2.75, 3.05) is 6.61 Å². The quantitative estimate of drug-likeness (QED) is 0.648. The lowest BCUT2D eigenvalue weighted by molar-refractivity contribution is 0.286. The molecule has 0 saturated heterocycles. The van der Waals surface area contributed by atoms with Gasteiger partial charge in [-0.1, -0.05) is 24.6 Å². The molecule has 1 unspecified atom stereocenters. The van der Waals surface area contributed by atoms with Gasteiger partial charge in [-0.25, -0.2) is 0 Å². The van der Waals surface area contributed by atoms with Crippen molar-refractivity contribution in [3.8, 4) is 0 Å². The number of aliphatic hydroxyl groups is 1. The minimum Gasteiger partial charge on any atom is -0.392 e. The summed E-state index contributed by atoms with van der Waals surface area (Å²) >= 11 is 0. The van der Waals surface area contributed by atoms with Crippen LogP contribution in [0.1, 0.15) is 33.6 Å². The van der Waals surface area contributed by atoms with Crippen LogP contribution >= 0.6 is 0 Å². The molecule has 1 nitrogen and oxygen atoms in total. The predicted octanol–water partition coefficient (Wildman–Crippen LogP) is 2.92. The van der Waals surface area contributed by atoms with Crippen molar-refractivity contribution < 1.29 is 5.11 Å². The molecule has 1 rings (SSSR count). The molecule has 0 amide bonds. The zero-order valence-electron chi connectivity index (χ0n) is 8.93. The smallest absolute Gasteiger partial charge is 0.0647 e. The highest BCUT2D eigenvalue weighted by molar-refractivity contribution is 5.23. The van der Waals surface area contributed by atoms with Gasteiger partial charge >= 0.3 is 0 Å². The van der Waals surface area contributed by atoms with E-state index in [-0.39, 0.29) is 6.61 Å². The van der Waals surface area contributed by atoms with Gasteiger partial charge in [0, 0.05) is 0 Å². The second-order valence-corrected chi connectivity index (χ2v) is 4.24. The number of aliphatic hydroxyl groups excluding tert-OH is 1. The van der Waals surface area contributed by atoms with Gasteiger partial charge in [-0.15, -0.1) is 0 Å². The fourth-order valence-corrected chi connectivity index (χ4v) is 2.37. The molecule has 1 N–H and O–H groups in total. The SMILES string of the molecule is C=C(C)[C@@H]1CCC(C)=C(CO)C1C. The summed E-state index contributed by atoms with van der Waals surface area (Å²) in [5, 5.41) is 9.24. The van der Waals surface area contributed by atoms with E-state index in [1.807, 2.05) is 0 Å². The van der Waals surface area contributed by atoms with Crippen molar-refractivity contribution in [3.05, 3.63) is 23.3 Å². The third-order valence-corrected chi connectivity index (χ3v) is 3.34. The van der Waals surface area contributed by atoms with E-state index in [2.05, 4.69) is 27.4 Å². The van der Waals surface area contributed by atoms with Gasteiger partial charge in [0.1, 0.15) is 0 Å². The van der Waals surface area contributed by atoms with Crippen molar-refractivity contribution in [3.63, 3.8) is 0 Å². The standard InChI is InChI=1S/C12H20O/c1-8(2)11-6-5-9(3)12(7-13)10(11)4/h10-11,13H,1,5-7H2,2-4H3/t10?,11-/m0/s1. The zero-order chi connectivity index (χ0) is 10.0. The monoisotopic (exact) mass is 180 g/mol. The van der Waals surface area contributed by atoms with Gasteiger partial charge in [-0.2, -0.15) is 0 Å². The molecule has 74 valence electrons. The normalized spacial score (nSPS) is 29.2. The van der Waals surface area contributed by atoms with E-state index in [0.29, 0.717) is 11.8 Å². The first-order valence-electron chi connectivity index (χ1n) is 5.02. The molecule has 2 atom stereocenters. The van der Waals surface area contributed by atoms with Crippen LogP contribution < -0.4 is 0 Å². The van der Waals surface area contributed by atoms with Crippen LogP contribution in [0.3, 0.4) is 0 Å². The largest absolute Gasteiger partial charge is 0.392 e. The average Bonchev–Trinajstić information content (AvgIpc) is 2.04. The van der Waals surface area contributed by atoms with Crippen molar-refractivity contribution in [1.29, 1.82) is 0 Å². The Hall–Kier alpha value is -0.560. The summed E-state index contributed by atoms with van der Waals surface area (Å²) in [5.74, 6) is 1.06. The number of allylic oxidation sites excluding steroid dienone is 2.